The van der Waals surface area contributed by atoms with Crippen LogP contribution in [0.25, 0.3) is 0 Å². The lowest BCUT2D eigenvalue weighted by Crippen LogP contribution is -2.59. The molecule has 0 aliphatic heterocycles. The van der Waals surface area contributed by atoms with E-state index in [1.54, 1.807) is 0 Å². The molecule has 0 aromatic heterocycles. The van der Waals surface area contributed by atoms with E-state index in [4.69, 9.17) is 0 Å². The Kier molecular flexibility index (Phi) is 6.04. The van der Waals surface area contributed by atoms with Gasteiger partial charge < -0.3 is 4.74 Å². The SMILES string of the molecule is C=CC(=O)OCCSC(F)(F)C(F)(F)C(F)(F)C(F)(F)F. The van der Waals surface area contributed by atoms with Crippen LogP contribution in [0.5, 0.6) is 0 Å². The van der Waals surface area contributed by atoms with E-state index in [-0.39, 0.29) is 0 Å². The van der Waals surface area contributed by atoms with Crippen molar-refractivity contribution < 1.29 is 49.0 Å². The quantitative estimate of drug-likeness (QED) is 0.302. The molecular weight excluding hydrogens is 343 g/mol. The van der Waals surface area contributed by atoms with Crippen LogP contribution in [0.3, 0.4) is 0 Å². The Labute approximate surface area is 116 Å². The minimum absolute atomic E-state index is 0.606. The van der Waals surface area contributed by atoms with Gasteiger partial charge in [-0.3, -0.25) is 0 Å². The van der Waals surface area contributed by atoms with E-state index in [2.05, 4.69) is 11.3 Å². The van der Waals surface area contributed by atoms with Crippen molar-refractivity contribution in [2.75, 3.05) is 12.4 Å². The molecule has 124 valence electrons. The third-order valence-electron chi connectivity index (χ3n) is 1.89. The molecule has 0 bridgehead atoms. The van der Waals surface area contributed by atoms with Gasteiger partial charge in [-0.15, -0.1) is 0 Å². The number of alkyl halides is 9. The van der Waals surface area contributed by atoms with Crippen LogP contribution in [0.4, 0.5) is 39.5 Å². The largest absolute Gasteiger partial charge is 0.462 e. The number of thioether (sulfide) groups is 1. The van der Waals surface area contributed by atoms with Crippen LogP contribution in [0, 0.1) is 0 Å². The number of halogens is 9. The molecule has 0 aliphatic carbocycles. The van der Waals surface area contributed by atoms with E-state index in [0.29, 0.717) is 6.08 Å². The summed E-state index contributed by atoms with van der Waals surface area (Å²) in [6.07, 6.45) is -6.25. The average Bonchev–Trinajstić information content (AvgIpc) is 2.32. The first-order valence-electron chi connectivity index (χ1n) is 4.84. The van der Waals surface area contributed by atoms with Crippen molar-refractivity contribution >= 4 is 17.7 Å². The number of rotatable bonds is 7. The molecule has 21 heavy (non-hydrogen) atoms. The summed E-state index contributed by atoms with van der Waals surface area (Å²) < 4.78 is 116. The molecule has 0 radical (unpaired) electrons. The van der Waals surface area contributed by atoms with E-state index >= 15 is 0 Å². The van der Waals surface area contributed by atoms with Gasteiger partial charge in [0.1, 0.15) is 6.61 Å². The summed E-state index contributed by atoms with van der Waals surface area (Å²) in [5.74, 6) is -15.8. The molecule has 0 unspecified atom stereocenters. The molecule has 0 aliphatic rings. The fourth-order valence-electron chi connectivity index (χ4n) is 0.822. The van der Waals surface area contributed by atoms with Crippen LogP contribution >= 0.6 is 11.8 Å². The van der Waals surface area contributed by atoms with Crippen LogP contribution in [0.1, 0.15) is 0 Å². The Morgan fingerprint density at radius 3 is 1.86 bits per heavy atom. The molecule has 0 N–H and O–H groups in total. The zero-order valence-electron chi connectivity index (χ0n) is 9.83. The average molecular weight is 350 g/mol. The second-order valence-corrected chi connectivity index (χ2v) is 4.59. The van der Waals surface area contributed by atoms with Crippen molar-refractivity contribution in [2.45, 2.75) is 23.3 Å². The normalized spacial score (nSPS) is 14.0. The summed E-state index contributed by atoms with van der Waals surface area (Å²) in [6.45, 7) is 2.01. The summed E-state index contributed by atoms with van der Waals surface area (Å²) in [4.78, 5) is 10.5. The first-order chi connectivity index (χ1) is 9.20. The Hall–Kier alpha value is -1.07. The zero-order chi connectivity index (χ0) is 17.1. The fraction of sp³-hybridized carbons (Fsp3) is 0.667. The van der Waals surface area contributed by atoms with Crippen LogP contribution in [0.2, 0.25) is 0 Å². The van der Waals surface area contributed by atoms with Gasteiger partial charge in [-0.25, -0.2) is 4.79 Å². The van der Waals surface area contributed by atoms with Crippen LogP contribution in [0.15, 0.2) is 12.7 Å². The molecule has 0 aromatic carbocycles. The lowest BCUT2D eigenvalue weighted by molar-refractivity contribution is -0.381. The fourth-order valence-corrected chi connectivity index (χ4v) is 1.55. The van der Waals surface area contributed by atoms with Crippen molar-refractivity contribution in [1.82, 2.24) is 0 Å². The maximum atomic E-state index is 12.9. The van der Waals surface area contributed by atoms with Crippen LogP contribution in [-0.4, -0.2) is 41.6 Å². The van der Waals surface area contributed by atoms with E-state index in [9.17, 15) is 44.3 Å². The molecular formula is C9H7F9O2S. The minimum Gasteiger partial charge on any atom is -0.462 e. The molecule has 12 heteroatoms. The molecule has 0 spiro atoms. The van der Waals surface area contributed by atoms with Gasteiger partial charge in [-0.2, -0.15) is 39.5 Å². The van der Waals surface area contributed by atoms with Crippen molar-refractivity contribution in [1.29, 1.82) is 0 Å². The maximum absolute atomic E-state index is 12.9. The molecule has 0 saturated carbocycles. The Morgan fingerprint density at radius 2 is 1.48 bits per heavy atom. The monoisotopic (exact) mass is 350 g/mol. The standard InChI is InChI=1S/C9H7F9O2S/c1-2-5(19)20-3-4-21-9(17,18)7(12,13)6(10,11)8(14,15)16/h2H,1,3-4H2. The highest BCUT2D eigenvalue weighted by Crippen LogP contribution is 2.56. The second-order valence-electron chi connectivity index (χ2n) is 3.38. The summed E-state index contributed by atoms with van der Waals surface area (Å²) in [7, 11) is 0. The van der Waals surface area contributed by atoms with Crippen molar-refractivity contribution in [3.8, 4) is 0 Å². The predicted molar refractivity (Wildman–Crippen MR) is 54.5 cm³/mol. The molecule has 0 rings (SSSR count). The Bertz CT molecular complexity index is 391. The Balaban J connectivity index is 4.88. The van der Waals surface area contributed by atoms with Gasteiger partial charge in [0.2, 0.25) is 0 Å². The van der Waals surface area contributed by atoms with Gasteiger partial charge in [0.25, 0.3) is 0 Å². The number of hydrogen-bond acceptors (Lipinski definition) is 3. The van der Waals surface area contributed by atoms with Gasteiger partial charge in [0.15, 0.2) is 0 Å². The Morgan fingerprint density at radius 1 is 1.00 bits per heavy atom. The van der Waals surface area contributed by atoms with E-state index in [1.807, 2.05) is 0 Å². The van der Waals surface area contributed by atoms with Gasteiger partial charge in [-0.1, -0.05) is 18.3 Å². The number of hydrogen-bond donors (Lipinski definition) is 0. The molecule has 0 amide bonds. The number of ether oxygens (including phenoxy) is 1. The van der Waals surface area contributed by atoms with Crippen molar-refractivity contribution in [2.24, 2.45) is 0 Å². The van der Waals surface area contributed by atoms with E-state index in [1.165, 1.54) is 0 Å². The lowest BCUT2D eigenvalue weighted by atomic mass is 10.1. The highest BCUT2D eigenvalue weighted by Gasteiger charge is 2.81. The third-order valence-corrected chi connectivity index (χ3v) is 2.88. The highest BCUT2D eigenvalue weighted by atomic mass is 32.2. The van der Waals surface area contributed by atoms with Gasteiger partial charge >= 0.3 is 29.2 Å². The van der Waals surface area contributed by atoms with Crippen LogP contribution in [-0.2, 0) is 9.53 Å². The third kappa shape index (κ3) is 4.20. The predicted octanol–water partition coefficient (Wildman–Crippen LogP) is 3.87. The summed E-state index contributed by atoms with van der Waals surface area (Å²) in [6, 6.07) is 0. The summed E-state index contributed by atoms with van der Waals surface area (Å²) in [5.41, 5.74) is 0. The number of esters is 1. The molecule has 0 atom stereocenters. The van der Waals surface area contributed by atoms with Crippen molar-refractivity contribution in [3.05, 3.63) is 12.7 Å². The van der Waals surface area contributed by atoms with Gasteiger partial charge in [-0.05, 0) is 0 Å². The summed E-state index contributed by atoms with van der Waals surface area (Å²) >= 11 is -1.19. The van der Waals surface area contributed by atoms with E-state index < -0.39 is 53.4 Å². The van der Waals surface area contributed by atoms with E-state index in [0.717, 1.165) is 0 Å². The maximum Gasteiger partial charge on any atom is 0.460 e. The molecule has 0 saturated heterocycles. The summed E-state index contributed by atoms with van der Waals surface area (Å²) in [5, 5.41) is -5.73. The highest BCUT2D eigenvalue weighted by molar-refractivity contribution is 8.00. The topological polar surface area (TPSA) is 26.3 Å². The molecule has 0 aromatic rings. The first-order valence-corrected chi connectivity index (χ1v) is 5.82. The van der Waals surface area contributed by atoms with Crippen molar-refractivity contribution in [3.63, 3.8) is 0 Å². The zero-order valence-corrected chi connectivity index (χ0v) is 10.6. The smallest absolute Gasteiger partial charge is 0.460 e. The molecule has 0 heterocycles. The molecule has 0 fully saturated rings. The lowest BCUT2D eigenvalue weighted by Gasteiger charge is -2.33. The minimum atomic E-state index is -6.92. The molecule has 2 nitrogen and oxygen atoms in total. The second kappa shape index (κ2) is 6.36. The van der Waals surface area contributed by atoms with Gasteiger partial charge in [0, 0.05) is 11.8 Å². The number of carbonyl (C=O) groups is 1. The first kappa shape index (κ1) is 19.9. The number of carbonyl (C=O) groups excluding carboxylic acids is 1. The van der Waals surface area contributed by atoms with Gasteiger partial charge in [0.05, 0.1) is 0 Å². The van der Waals surface area contributed by atoms with Crippen LogP contribution < -0.4 is 0 Å².